The molecule has 10 heteroatoms. The minimum atomic E-state index is -3.51. The number of hydrogen-bond donors (Lipinski definition) is 4. The van der Waals surface area contributed by atoms with Crippen LogP contribution in [0.1, 0.15) is 19.3 Å². The van der Waals surface area contributed by atoms with E-state index < -0.39 is 28.1 Å². The zero-order valence-corrected chi connectivity index (χ0v) is 11.7. The number of carboxylic acid groups (broad SMARTS) is 1. The SMILES string of the molecule is NS(=O)(=O)CCCNC(=O)NCC1CCC(C(=O)O)O1. The Kier molecular flexibility index (Phi) is 6.17. The molecule has 0 radical (unpaired) electrons. The molecular formula is C10H19N3O6S. The van der Waals surface area contributed by atoms with Gasteiger partial charge in [-0.15, -0.1) is 0 Å². The third-order valence-electron chi connectivity index (χ3n) is 2.76. The molecule has 0 aromatic carbocycles. The number of carbonyl (C=O) groups is 2. The average Bonchev–Trinajstić information content (AvgIpc) is 2.80. The lowest BCUT2D eigenvalue weighted by Gasteiger charge is -2.12. The molecule has 0 spiro atoms. The van der Waals surface area contributed by atoms with Gasteiger partial charge in [-0.1, -0.05) is 0 Å². The fraction of sp³-hybridized carbons (Fsp3) is 0.800. The van der Waals surface area contributed by atoms with Crippen molar-refractivity contribution in [1.82, 2.24) is 10.6 Å². The number of nitrogens with two attached hydrogens (primary N) is 1. The van der Waals surface area contributed by atoms with E-state index in [1.165, 1.54) is 0 Å². The van der Waals surface area contributed by atoms with E-state index in [-0.39, 0.29) is 31.4 Å². The van der Waals surface area contributed by atoms with Crippen LogP contribution in [0, 0.1) is 0 Å². The highest BCUT2D eigenvalue weighted by Gasteiger charge is 2.30. The van der Waals surface area contributed by atoms with Gasteiger partial charge in [-0.3, -0.25) is 0 Å². The van der Waals surface area contributed by atoms with E-state index in [4.69, 9.17) is 15.0 Å². The van der Waals surface area contributed by atoms with E-state index in [1.54, 1.807) is 0 Å². The van der Waals surface area contributed by atoms with Gasteiger partial charge >= 0.3 is 12.0 Å². The molecule has 1 aliphatic rings. The number of nitrogens with one attached hydrogen (secondary N) is 2. The second kappa shape index (κ2) is 7.41. The summed E-state index contributed by atoms with van der Waals surface area (Å²) < 4.78 is 26.5. The molecule has 9 nitrogen and oxygen atoms in total. The summed E-state index contributed by atoms with van der Waals surface area (Å²) in [5.41, 5.74) is 0. The van der Waals surface area contributed by atoms with Gasteiger partial charge in [0.2, 0.25) is 10.0 Å². The number of carboxylic acids is 1. The Morgan fingerprint density at radius 2 is 2.00 bits per heavy atom. The van der Waals surface area contributed by atoms with Crippen LogP contribution in [0.25, 0.3) is 0 Å². The Morgan fingerprint density at radius 3 is 2.55 bits per heavy atom. The van der Waals surface area contributed by atoms with Crippen LogP contribution < -0.4 is 15.8 Å². The fourth-order valence-electron chi connectivity index (χ4n) is 1.78. The lowest BCUT2D eigenvalue weighted by Crippen LogP contribution is -2.40. The largest absolute Gasteiger partial charge is 0.479 e. The summed E-state index contributed by atoms with van der Waals surface area (Å²) in [6, 6.07) is -0.457. The van der Waals surface area contributed by atoms with Crippen LogP contribution in [0.15, 0.2) is 0 Å². The number of sulfonamides is 1. The maximum absolute atomic E-state index is 11.4. The van der Waals surface area contributed by atoms with Crippen molar-refractivity contribution < 1.29 is 27.9 Å². The van der Waals surface area contributed by atoms with E-state index in [1.807, 2.05) is 0 Å². The molecule has 2 amide bonds. The van der Waals surface area contributed by atoms with Gasteiger partial charge in [0.15, 0.2) is 6.10 Å². The Morgan fingerprint density at radius 1 is 1.30 bits per heavy atom. The van der Waals surface area contributed by atoms with E-state index in [2.05, 4.69) is 10.6 Å². The van der Waals surface area contributed by atoms with Crippen molar-refractivity contribution in [2.75, 3.05) is 18.8 Å². The number of carbonyl (C=O) groups excluding carboxylic acids is 1. The van der Waals surface area contributed by atoms with Crippen LogP contribution in [-0.2, 0) is 19.6 Å². The highest BCUT2D eigenvalue weighted by molar-refractivity contribution is 7.89. The quantitative estimate of drug-likeness (QED) is 0.425. The average molecular weight is 309 g/mol. The van der Waals surface area contributed by atoms with Crippen LogP contribution in [0.2, 0.25) is 0 Å². The summed E-state index contributed by atoms with van der Waals surface area (Å²) in [5, 5.41) is 18.5. The maximum atomic E-state index is 11.4. The number of primary sulfonamides is 1. The molecule has 1 rings (SSSR count). The Labute approximate surface area is 116 Å². The molecular weight excluding hydrogens is 290 g/mol. The molecule has 0 aromatic rings. The smallest absolute Gasteiger partial charge is 0.332 e. The van der Waals surface area contributed by atoms with Gasteiger partial charge in [0.05, 0.1) is 11.9 Å². The van der Waals surface area contributed by atoms with Crippen molar-refractivity contribution in [2.24, 2.45) is 5.14 Å². The molecule has 2 atom stereocenters. The first-order valence-corrected chi connectivity index (χ1v) is 7.90. The third kappa shape index (κ3) is 6.68. The zero-order chi connectivity index (χ0) is 15.2. The first-order chi connectivity index (χ1) is 9.28. The van der Waals surface area contributed by atoms with Gasteiger partial charge in [-0.05, 0) is 19.3 Å². The highest BCUT2D eigenvalue weighted by Crippen LogP contribution is 2.18. The highest BCUT2D eigenvalue weighted by atomic mass is 32.2. The van der Waals surface area contributed by atoms with E-state index in [9.17, 15) is 18.0 Å². The minimum absolute atomic E-state index is 0.186. The topological polar surface area (TPSA) is 148 Å². The molecule has 1 aliphatic heterocycles. The first-order valence-electron chi connectivity index (χ1n) is 6.18. The van der Waals surface area contributed by atoms with Gasteiger partial charge in [0, 0.05) is 13.1 Å². The molecule has 0 aromatic heterocycles. The van der Waals surface area contributed by atoms with Gasteiger partial charge < -0.3 is 20.5 Å². The third-order valence-corrected chi connectivity index (χ3v) is 3.62. The van der Waals surface area contributed by atoms with Crippen molar-refractivity contribution in [3.05, 3.63) is 0 Å². The van der Waals surface area contributed by atoms with E-state index in [0.717, 1.165) is 0 Å². The van der Waals surface area contributed by atoms with E-state index in [0.29, 0.717) is 12.8 Å². The summed E-state index contributed by atoms with van der Waals surface area (Å²) in [6.45, 7) is 0.399. The summed E-state index contributed by atoms with van der Waals surface area (Å²) in [5.74, 6) is -1.20. The minimum Gasteiger partial charge on any atom is -0.479 e. The van der Waals surface area contributed by atoms with Crippen LogP contribution in [-0.4, -0.2) is 56.6 Å². The standard InChI is InChI=1S/C10H19N3O6S/c11-20(17,18)5-1-4-12-10(16)13-6-7-2-3-8(19-7)9(14)15/h7-8H,1-6H2,(H,14,15)(H2,11,17,18)(H2,12,13,16). The van der Waals surface area contributed by atoms with Crippen molar-refractivity contribution in [1.29, 1.82) is 0 Å². The number of urea groups is 1. The van der Waals surface area contributed by atoms with Crippen LogP contribution in [0.5, 0.6) is 0 Å². The molecule has 0 bridgehead atoms. The van der Waals surface area contributed by atoms with Gasteiger partial charge in [0.25, 0.3) is 0 Å². The molecule has 1 heterocycles. The molecule has 0 aliphatic carbocycles. The van der Waals surface area contributed by atoms with Crippen molar-refractivity contribution in [2.45, 2.75) is 31.5 Å². The molecule has 2 unspecified atom stereocenters. The molecule has 1 fully saturated rings. The summed E-state index contributed by atoms with van der Waals surface area (Å²) in [4.78, 5) is 22.0. The molecule has 0 saturated carbocycles. The monoisotopic (exact) mass is 309 g/mol. The summed E-state index contributed by atoms with van der Waals surface area (Å²) in [6.07, 6.45) is 0.110. The number of rotatable bonds is 7. The predicted molar refractivity (Wildman–Crippen MR) is 69.5 cm³/mol. The van der Waals surface area contributed by atoms with E-state index >= 15 is 0 Å². The molecule has 1 saturated heterocycles. The number of hydrogen-bond acceptors (Lipinski definition) is 5. The second-order valence-electron chi connectivity index (χ2n) is 4.52. The lowest BCUT2D eigenvalue weighted by molar-refractivity contribution is -0.149. The number of aliphatic carboxylic acids is 1. The first kappa shape index (κ1) is 16.7. The van der Waals surface area contributed by atoms with Crippen molar-refractivity contribution >= 4 is 22.0 Å². The Balaban J connectivity index is 2.10. The van der Waals surface area contributed by atoms with Gasteiger partial charge in [-0.2, -0.15) is 0 Å². The van der Waals surface area contributed by atoms with Crippen LogP contribution >= 0.6 is 0 Å². The predicted octanol–water partition coefficient (Wildman–Crippen LogP) is -1.40. The normalized spacial score (nSPS) is 22.4. The zero-order valence-electron chi connectivity index (χ0n) is 10.9. The maximum Gasteiger partial charge on any atom is 0.332 e. The second-order valence-corrected chi connectivity index (χ2v) is 6.25. The van der Waals surface area contributed by atoms with Gasteiger partial charge in [0.1, 0.15) is 0 Å². The molecule has 5 N–H and O–H groups in total. The fourth-order valence-corrected chi connectivity index (χ4v) is 2.33. The molecule has 20 heavy (non-hydrogen) atoms. The van der Waals surface area contributed by atoms with Crippen LogP contribution in [0.3, 0.4) is 0 Å². The Hall–Kier alpha value is -1.39. The summed E-state index contributed by atoms with van der Waals surface area (Å²) >= 11 is 0. The number of ether oxygens (including phenoxy) is 1. The Bertz CT molecular complexity index is 452. The van der Waals surface area contributed by atoms with Gasteiger partial charge in [-0.25, -0.2) is 23.1 Å². The van der Waals surface area contributed by atoms with Crippen molar-refractivity contribution in [3.63, 3.8) is 0 Å². The lowest BCUT2D eigenvalue weighted by atomic mass is 10.2. The van der Waals surface area contributed by atoms with Crippen LogP contribution in [0.4, 0.5) is 4.79 Å². The summed E-state index contributed by atoms with van der Waals surface area (Å²) in [7, 11) is -3.51. The molecule has 116 valence electrons. The van der Waals surface area contributed by atoms with Crippen molar-refractivity contribution in [3.8, 4) is 0 Å². The number of amides is 2.